The third-order valence-electron chi connectivity index (χ3n) is 10.4. The minimum atomic E-state index is 0.466. The van der Waals surface area contributed by atoms with E-state index in [9.17, 15) is 0 Å². The van der Waals surface area contributed by atoms with Gasteiger partial charge in [-0.25, -0.2) is 0 Å². The first kappa shape index (κ1) is 21.5. The van der Waals surface area contributed by atoms with E-state index in [1.165, 1.54) is 51.4 Å². The number of hydrogen-bond donors (Lipinski definition) is 0. The van der Waals surface area contributed by atoms with Crippen LogP contribution in [0.4, 0.5) is 0 Å². The Morgan fingerprint density at radius 1 is 1.03 bits per heavy atom. The predicted molar refractivity (Wildman–Crippen MR) is 127 cm³/mol. The van der Waals surface area contributed by atoms with Crippen molar-refractivity contribution in [2.24, 2.45) is 52.3 Å². The fourth-order valence-corrected chi connectivity index (χ4v) is 8.49. The summed E-state index contributed by atoms with van der Waals surface area (Å²) in [5.74, 6) is 5.96. The van der Waals surface area contributed by atoms with Crippen molar-refractivity contribution in [3.8, 4) is 0 Å². The van der Waals surface area contributed by atoms with Crippen molar-refractivity contribution in [2.45, 2.75) is 92.9 Å². The van der Waals surface area contributed by atoms with E-state index in [1.54, 1.807) is 5.57 Å². The molecule has 4 aliphatic rings. The highest BCUT2D eigenvalue weighted by Crippen LogP contribution is 2.66. The van der Waals surface area contributed by atoms with Crippen molar-refractivity contribution in [1.29, 1.82) is 0 Å². The molecule has 162 valence electrons. The van der Waals surface area contributed by atoms with Crippen LogP contribution in [-0.2, 0) is 0 Å². The summed E-state index contributed by atoms with van der Waals surface area (Å²) in [5, 5.41) is 0. The fourth-order valence-electron chi connectivity index (χ4n) is 8.49. The molecule has 0 heteroatoms. The molecule has 2 fully saturated rings. The molecule has 29 heavy (non-hydrogen) atoms. The molecule has 0 saturated heterocycles. The highest BCUT2D eigenvalue weighted by atomic mass is 14.6. The van der Waals surface area contributed by atoms with Gasteiger partial charge in [-0.3, -0.25) is 0 Å². The van der Waals surface area contributed by atoms with E-state index < -0.39 is 0 Å². The zero-order chi connectivity index (χ0) is 20.8. The van der Waals surface area contributed by atoms with Crippen LogP contribution in [-0.4, -0.2) is 0 Å². The summed E-state index contributed by atoms with van der Waals surface area (Å²) in [5.41, 5.74) is 2.71. The van der Waals surface area contributed by atoms with Gasteiger partial charge in [0.05, 0.1) is 0 Å². The molecule has 0 aromatic rings. The van der Waals surface area contributed by atoms with E-state index in [0.29, 0.717) is 10.8 Å². The molecule has 8 atom stereocenters. The van der Waals surface area contributed by atoms with E-state index in [4.69, 9.17) is 0 Å². The second kappa shape index (κ2) is 8.05. The number of allylic oxidation sites excluding steroid dienone is 6. The average Bonchev–Trinajstić information content (AvgIpc) is 3.05. The molecule has 2 saturated carbocycles. The Morgan fingerprint density at radius 2 is 1.83 bits per heavy atom. The zero-order valence-corrected chi connectivity index (χ0v) is 20.1. The van der Waals surface area contributed by atoms with Gasteiger partial charge in [-0.2, -0.15) is 0 Å². The van der Waals surface area contributed by atoms with E-state index >= 15 is 0 Å². The molecule has 0 radical (unpaired) electrons. The smallest absolute Gasteiger partial charge is 0.00445 e. The van der Waals surface area contributed by atoms with E-state index in [-0.39, 0.29) is 0 Å². The fraction of sp³-hybridized carbons (Fsp3) is 0.793. The topological polar surface area (TPSA) is 0 Å². The van der Waals surface area contributed by atoms with Gasteiger partial charge >= 0.3 is 0 Å². The van der Waals surface area contributed by atoms with Crippen molar-refractivity contribution >= 4 is 0 Å². The lowest BCUT2D eigenvalue weighted by Gasteiger charge is -2.57. The number of fused-ring (bicyclic) bond motifs is 5. The summed E-state index contributed by atoms with van der Waals surface area (Å²) in [6, 6.07) is 0. The minimum Gasteiger partial charge on any atom is -0.0851 e. The second-order valence-corrected chi connectivity index (χ2v) is 11.9. The molecule has 0 aliphatic heterocycles. The van der Waals surface area contributed by atoms with Crippen LogP contribution in [0.3, 0.4) is 0 Å². The van der Waals surface area contributed by atoms with Gasteiger partial charge in [-0.1, -0.05) is 71.9 Å². The molecular formula is C29H46. The predicted octanol–water partition coefficient (Wildman–Crippen LogP) is 8.61. The minimum absolute atomic E-state index is 0.466. The summed E-state index contributed by atoms with van der Waals surface area (Å²) in [6.07, 6.45) is 23.9. The first-order valence-electron chi connectivity index (χ1n) is 12.9. The van der Waals surface area contributed by atoms with Crippen molar-refractivity contribution < 1.29 is 0 Å². The lowest BCUT2D eigenvalue weighted by Crippen LogP contribution is -2.49. The maximum absolute atomic E-state index is 2.69. The monoisotopic (exact) mass is 394 g/mol. The Kier molecular flexibility index (Phi) is 5.95. The molecule has 0 spiro atoms. The van der Waals surface area contributed by atoms with Gasteiger partial charge in [0, 0.05) is 0 Å². The molecular weight excluding hydrogens is 348 g/mol. The van der Waals surface area contributed by atoms with Crippen LogP contribution in [0.2, 0.25) is 0 Å². The van der Waals surface area contributed by atoms with Crippen LogP contribution in [0.15, 0.2) is 36.0 Å². The lowest BCUT2D eigenvalue weighted by molar-refractivity contribution is -0.0410. The third kappa shape index (κ3) is 3.51. The van der Waals surface area contributed by atoms with Crippen LogP contribution >= 0.6 is 0 Å². The summed E-state index contributed by atoms with van der Waals surface area (Å²) in [6.45, 7) is 14.9. The zero-order valence-electron chi connectivity index (χ0n) is 20.1. The van der Waals surface area contributed by atoms with Gasteiger partial charge in [-0.15, -0.1) is 0 Å². The largest absolute Gasteiger partial charge is 0.0851 e. The summed E-state index contributed by atoms with van der Waals surface area (Å²) in [4.78, 5) is 0. The third-order valence-corrected chi connectivity index (χ3v) is 10.4. The maximum Gasteiger partial charge on any atom is -0.00445 e. The van der Waals surface area contributed by atoms with Gasteiger partial charge in [0.1, 0.15) is 0 Å². The van der Waals surface area contributed by atoms with Crippen molar-refractivity contribution in [1.82, 2.24) is 0 Å². The van der Waals surface area contributed by atoms with Gasteiger partial charge in [0.25, 0.3) is 0 Å². The second-order valence-electron chi connectivity index (χ2n) is 11.9. The standard InChI is InChI=1S/C29H46/c1-7-22(20(2)3)12-11-21(4)25-15-16-26-24-14-13-23-10-8-9-18-28(23,5)27(24)17-19-29(25,26)6/h8,10-13,20-22,24-27H,7,9,14-19H2,1-6H3/b12-11+/t21-,22-,24+,25-,26+,27+,28+,29-/m1/s1. The molecule has 0 unspecified atom stereocenters. The number of rotatable bonds is 5. The summed E-state index contributed by atoms with van der Waals surface area (Å²) < 4.78 is 0. The highest BCUT2D eigenvalue weighted by molar-refractivity contribution is 5.34. The molecule has 0 aromatic carbocycles. The van der Waals surface area contributed by atoms with Crippen molar-refractivity contribution in [2.75, 3.05) is 0 Å². The van der Waals surface area contributed by atoms with Gasteiger partial charge in [0.15, 0.2) is 0 Å². The van der Waals surface area contributed by atoms with Gasteiger partial charge < -0.3 is 0 Å². The number of hydrogen-bond acceptors (Lipinski definition) is 0. The molecule has 0 nitrogen and oxygen atoms in total. The molecule has 0 heterocycles. The van der Waals surface area contributed by atoms with E-state index in [1.807, 2.05) is 0 Å². The summed E-state index contributed by atoms with van der Waals surface area (Å²) >= 11 is 0. The van der Waals surface area contributed by atoms with Crippen LogP contribution in [0, 0.1) is 52.3 Å². The normalized spacial score (nSPS) is 43.6. The SMILES string of the molecule is CC[C@H](/C=C/[C@@H](C)[C@H]1CC[C@H]2[C@@H]3CC=C4C=CCC[C@]4(C)[C@H]3CC[C@]12C)C(C)C. The van der Waals surface area contributed by atoms with E-state index in [2.05, 4.69) is 71.9 Å². The van der Waals surface area contributed by atoms with Crippen LogP contribution in [0.25, 0.3) is 0 Å². The van der Waals surface area contributed by atoms with Gasteiger partial charge in [-0.05, 0) is 109 Å². The lowest BCUT2D eigenvalue weighted by atomic mass is 9.47. The van der Waals surface area contributed by atoms with E-state index in [0.717, 1.165) is 41.4 Å². The molecule has 0 bridgehead atoms. The first-order valence-corrected chi connectivity index (χ1v) is 12.9. The van der Waals surface area contributed by atoms with Crippen molar-refractivity contribution in [3.63, 3.8) is 0 Å². The van der Waals surface area contributed by atoms with Crippen molar-refractivity contribution in [3.05, 3.63) is 36.0 Å². The molecule has 0 amide bonds. The average molecular weight is 395 g/mol. The molecule has 0 aromatic heterocycles. The van der Waals surface area contributed by atoms with Gasteiger partial charge in [0.2, 0.25) is 0 Å². The Bertz CT molecular complexity index is 678. The molecule has 4 aliphatic carbocycles. The maximum atomic E-state index is 2.69. The molecule has 0 N–H and O–H groups in total. The Labute approximate surface area is 181 Å². The van der Waals surface area contributed by atoms with Crippen LogP contribution in [0.5, 0.6) is 0 Å². The Morgan fingerprint density at radius 3 is 2.55 bits per heavy atom. The quantitative estimate of drug-likeness (QED) is 0.409. The van der Waals surface area contributed by atoms with Crippen LogP contribution in [0.1, 0.15) is 92.9 Å². The van der Waals surface area contributed by atoms with Crippen LogP contribution < -0.4 is 0 Å². The summed E-state index contributed by atoms with van der Waals surface area (Å²) in [7, 11) is 0. The first-order chi connectivity index (χ1) is 13.8. The Hall–Kier alpha value is -0.780. The Balaban J connectivity index is 1.53. The molecule has 4 rings (SSSR count). The highest BCUT2D eigenvalue weighted by Gasteiger charge is 2.58.